The van der Waals surface area contributed by atoms with Gasteiger partial charge in [-0.2, -0.15) is 13.2 Å². The van der Waals surface area contributed by atoms with Gasteiger partial charge in [-0.05, 0) is 17.7 Å². The van der Waals surface area contributed by atoms with Crippen molar-refractivity contribution in [2.24, 2.45) is 5.73 Å². The van der Waals surface area contributed by atoms with Crippen LogP contribution in [-0.2, 0) is 0 Å². The van der Waals surface area contributed by atoms with Gasteiger partial charge in [-0.25, -0.2) is 4.39 Å². The number of piperazine rings is 1. The maximum atomic E-state index is 13.3. The third-order valence-corrected chi connectivity index (χ3v) is 3.71. The van der Waals surface area contributed by atoms with E-state index < -0.39 is 12.7 Å². The first-order valence-electron chi connectivity index (χ1n) is 6.88. The molecular weight excluding hydrogens is 286 g/mol. The Labute approximate surface area is 121 Å². The second kappa shape index (κ2) is 6.72. The van der Waals surface area contributed by atoms with E-state index in [1.807, 2.05) is 4.90 Å². The third-order valence-electron chi connectivity index (χ3n) is 3.71. The molecule has 21 heavy (non-hydrogen) atoms. The molecule has 1 atom stereocenters. The first-order chi connectivity index (χ1) is 9.89. The van der Waals surface area contributed by atoms with Gasteiger partial charge in [0.1, 0.15) is 5.82 Å². The minimum atomic E-state index is -4.17. The normalized spacial score (nSPS) is 19.7. The number of hydrogen-bond acceptors (Lipinski definition) is 3. The molecule has 0 bridgehead atoms. The Morgan fingerprint density at radius 3 is 2.33 bits per heavy atom. The minimum Gasteiger partial charge on any atom is -0.329 e. The van der Waals surface area contributed by atoms with Crippen molar-refractivity contribution in [3.05, 3.63) is 35.6 Å². The lowest BCUT2D eigenvalue weighted by atomic mass is 10.0. The lowest BCUT2D eigenvalue weighted by Crippen LogP contribution is -2.51. The van der Waals surface area contributed by atoms with Crippen LogP contribution >= 0.6 is 0 Å². The molecule has 1 heterocycles. The summed E-state index contributed by atoms with van der Waals surface area (Å²) >= 11 is 0. The number of nitrogens with two attached hydrogens (primary N) is 1. The first-order valence-corrected chi connectivity index (χ1v) is 6.88. The zero-order chi connectivity index (χ0) is 15.5. The number of hydrogen-bond donors (Lipinski definition) is 1. The Balaban J connectivity index is 1.96. The molecular formula is C14H19F4N3. The molecule has 2 N–H and O–H groups in total. The van der Waals surface area contributed by atoms with Gasteiger partial charge >= 0.3 is 6.18 Å². The van der Waals surface area contributed by atoms with E-state index >= 15 is 0 Å². The van der Waals surface area contributed by atoms with E-state index in [1.54, 1.807) is 12.1 Å². The van der Waals surface area contributed by atoms with Crippen molar-refractivity contribution in [2.45, 2.75) is 12.2 Å². The van der Waals surface area contributed by atoms with Crippen molar-refractivity contribution < 1.29 is 17.6 Å². The summed E-state index contributed by atoms with van der Waals surface area (Å²) in [7, 11) is 0. The van der Waals surface area contributed by atoms with Crippen molar-refractivity contribution in [1.29, 1.82) is 0 Å². The summed E-state index contributed by atoms with van der Waals surface area (Å²) in [5, 5.41) is 0. The summed E-state index contributed by atoms with van der Waals surface area (Å²) in [6.45, 7) is 1.09. The van der Waals surface area contributed by atoms with Crippen molar-refractivity contribution in [1.82, 2.24) is 9.80 Å². The quantitative estimate of drug-likeness (QED) is 0.864. The smallest absolute Gasteiger partial charge is 0.329 e. The highest BCUT2D eigenvalue weighted by Gasteiger charge is 2.33. The molecule has 1 aliphatic rings. The summed E-state index contributed by atoms with van der Waals surface area (Å²) in [4.78, 5) is 3.40. The van der Waals surface area contributed by atoms with E-state index in [0.717, 1.165) is 5.56 Å². The topological polar surface area (TPSA) is 32.5 Å². The predicted molar refractivity (Wildman–Crippen MR) is 72.3 cm³/mol. The van der Waals surface area contributed by atoms with Crippen LogP contribution < -0.4 is 5.73 Å². The van der Waals surface area contributed by atoms with Crippen molar-refractivity contribution in [3.8, 4) is 0 Å². The van der Waals surface area contributed by atoms with Gasteiger partial charge in [0.15, 0.2) is 0 Å². The van der Waals surface area contributed by atoms with Gasteiger partial charge in [-0.15, -0.1) is 0 Å². The highest BCUT2D eigenvalue weighted by atomic mass is 19.4. The molecule has 0 aromatic heterocycles. The molecule has 0 radical (unpaired) electrons. The van der Waals surface area contributed by atoms with Crippen LogP contribution in [0.25, 0.3) is 0 Å². The SMILES string of the molecule is NCC(c1cccc(F)c1)N1CCN(CC(F)(F)F)CC1. The molecule has 118 valence electrons. The van der Waals surface area contributed by atoms with Crippen LogP contribution in [0.4, 0.5) is 17.6 Å². The lowest BCUT2D eigenvalue weighted by molar-refractivity contribution is -0.149. The van der Waals surface area contributed by atoms with Gasteiger partial charge in [0.2, 0.25) is 0 Å². The van der Waals surface area contributed by atoms with Gasteiger partial charge in [0.25, 0.3) is 0 Å². The summed E-state index contributed by atoms with van der Waals surface area (Å²) in [5.41, 5.74) is 6.53. The average molecular weight is 305 g/mol. The molecule has 1 saturated heterocycles. The molecule has 7 heteroatoms. The fraction of sp³-hybridized carbons (Fsp3) is 0.571. The molecule has 1 aromatic rings. The minimum absolute atomic E-state index is 0.159. The lowest BCUT2D eigenvalue weighted by Gasteiger charge is -2.39. The summed E-state index contributed by atoms with van der Waals surface area (Å²) in [5.74, 6) is -0.332. The highest BCUT2D eigenvalue weighted by Crippen LogP contribution is 2.23. The van der Waals surface area contributed by atoms with E-state index in [-0.39, 0.29) is 11.9 Å². The maximum Gasteiger partial charge on any atom is 0.401 e. The van der Waals surface area contributed by atoms with Gasteiger partial charge in [0, 0.05) is 38.8 Å². The van der Waals surface area contributed by atoms with Gasteiger partial charge < -0.3 is 5.73 Å². The Morgan fingerprint density at radius 1 is 1.14 bits per heavy atom. The molecule has 0 amide bonds. The second-order valence-electron chi connectivity index (χ2n) is 5.23. The van der Waals surface area contributed by atoms with E-state index in [0.29, 0.717) is 32.7 Å². The maximum absolute atomic E-state index is 13.3. The number of nitrogens with zero attached hydrogens (tertiary/aromatic N) is 2. The predicted octanol–water partition coefficient (Wildman–Crippen LogP) is 2.01. The van der Waals surface area contributed by atoms with Gasteiger partial charge in [-0.3, -0.25) is 9.80 Å². The van der Waals surface area contributed by atoms with Crippen LogP contribution in [0.2, 0.25) is 0 Å². The summed E-state index contributed by atoms with van der Waals surface area (Å²) in [6.07, 6.45) is -4.17. The van der Waals surface area contributed by atoms with Crippen LogP contribution in [0.1, 0.15) is 11.6 Å². The average Bonchev–Trinajstić information content (AvgIpc) is 2.40. The second-order valence-corrected chi connectivity index (χ2v) is 5.23. The van der Waals surface area contributed by atoms with Gasteiger partial charge in [-0.1, -0.05) is 12.1 Å². The largest absolute Gasteiger partial charge is 0.401 e. The van der Waals surface area contributed by atoms with Crippen molar-refractivity contribution in [3.63, 3.8) is 0 Å². The zero-order valence-corrected chi connectivity index (χ0v) is 11.6. The standard InChI is InChI=1S/C14H19F4N3/c15-12-3-1-2-11(8-12)13(9-19)21-6-4-20(5-7-21)10-14(16,17)18/h1-3,8,13H,4-7,9-10,19H2. The molecule has 0 spiro atoms. The number of halogens is 4. The fourth-order valence-electron chi connectivity index (χ4n) is 2.70. The van der Waals surface area contributed by atoms with E-state index in [2.05, 4.69) is 0 Å². The fourth-order valence-corrected chi connectivity index (χ4v) is 2.70. The number of alkyl halides is 3. The molecule has 1 aliphatic heterocycles. The Bertz CT molecular complexity index is 456. The van der Waals surface area contributed by atoms with E-state index in [4.69, 9.17) is 5.73 Å². The zero-order valence-electron chi connectivity index (χ0n) is 11.6. The number of benzene rings is 1. The van der Waals surface area contributed by atoms with Crippen LogP contribution in [0, 0.1) is 5.82 Å². The Kier molecular flexibility index (Phi) is 5.18. The van der Waals surface area contributed by atoms with E-state index in [1.165, 1.54) is 17.0 Å². The van der Waals surface area contributed by atoms with Crippen LogP contribution in [-0.4, -0.2) is 55.2 Å². The Hall–Kier alpha value is -1.18. The molecule has 1 fully saturated rings. The molecule has 0 aliphatic carbocycles. The van der Waals surface area contributed by atoms with Crippen LogP contribution in [0.5, 0.6) is 0 Å². The van der Waals surface area contributed by atoms with Crippen LogP contribution in [0.3, 0.4) is 0 Å². The monoisotopic (exact) mass is 305 g/mol. The van der Waals surface area contributed by atoms with Crippen molar-refractivity contribution >= 4 is 0 Å². The summed E-state index contributed by atoms with van der Waals surface area (Å²) < 4.78 is 50.3. The summed E-state index contributed by atoms with van der Waals surface area (Å²) in [6, 6.07) is 6.04. The Morgan fingerprint density at radius 2 is 1.81 bits per heavy atom. The molecule has 2 rings (SSSR count). The molecule has 0 saturated carbocycles. The first kappa shape index (κ1) is 16.2. The molecule has 1 unspecified atom stereocenters. The van der Waals surface area contributed by atoms with E-state index in [9.17, 15) is 17.6 Å². The molecule has 3 nitrogen and oxygen atoms in total. The van der Waals surface area contributed by atoms with Gasteiger partial charge in [0.05, 0.1) is 6.54 Å². The number of rotatable bonds is 4. The third kappa shape index (κ3) is 4.66. The van der Waals surface area contributed by atoms with Crippen molar-refractivity contribution in [2.75, 3.05) is 39.3 Å². The highest BCUT2D eigenvalue weighted by molar-refractivity contribution is 5.20. The molecule has 1 aromatic carbocycles. The van der Waals surface area contributed by atoms with Crippen LogP contribution in [0.15, 0.2) is 24.3 Å².